The number of methoxy groups -OCH3 is 1. The van der Waals surface area contributed by atoms with Crippen LogP contribution in [0.25, 0.3) is 0 Å². The lowest BCUT2D eigenvalue weighted by Gasteiger charge is -2.21. The predicted molar refractivity (Wildman–Crippen MR) is 124 cm³/mol. The summed E-state index contributed by atoms with van der Waals surface area (Å²) >= 11 is 0. The van der Waals surface area contributed by atoms with Crippen LogP contribution in [0.4, 0.5) is 5.69 Å². The van der Waals surface area contributed by atoms with Gasteiger partial charge in [0.15, 0.2) is 0 Å². The Morgan fingerprint density at radius 2 is 1.68 bits per heavy atom. The van der Waals surface area contributed by atoms with Crippen molar-refractivity contribution in [1.82, 2.24) is 4.90 Å². The molecule has 1 aliphatic heterocycles. The van der Waals surface area contributed by atoms with Gasteiger partial charge in [0.1, 0.15) is 12.3 Å². The van der Waals surface area contributed by atoms with Gasteiger partial charge in [0, 0.05) is 5.56 Å². The molecule has 1 saturated carbocycles. The van der Waals surface area contributed by atoms with Crippen molar-refractivity contribution in [3.63, 3.8) is 0 Å². The summed E-state index contributed by atoms with van der Waals surface area (Å²) in [5.41, 5.74) is 1.82. The maximum Gasteiger partial charge on any atom is 0.327 e. The first kappa shape index (κ1) is 23.5. The van der Waals surface area contributed by atoms with Gasteiger partial charge in [-0.1, -0.05) is 49.2 Å². The Bertz CT molecular complexity index is 1080. The number of ether oxygens (including phenoxy) is 2. The zero-order valence-corrected chi connectivity index (χ0v) is 19.3. The molecule has 2 aliphatic rings. The molecule has 1 saturated heterocycles. The number of aryl methyl sites for hydroxylation is 1. The lowest BCUT2D eigenvalue weighted by Crippen LogP contribution is -2.38. The molecule has 2 fully saturated rings. The standard InChI is InChI=1S/C26H28N2O6/c1-16-12-13-21(33-2)20(14-16)27-24(30)23(17-8-4-3-5-9-17)34-22(29)15-28-25(31)18-10-6-7-11-19(18)26(28)32/h3-5,8-9,12-14,18-19,23H,6-7,10-11,15H2,1-2H3,(H,27,30). The third-order valence-electron chi connectivity index (χ3n) is 6.42. The number of fused-ring (bicyclic) bond motifs is 1. The molecule has 3 amide bonds. The van der Waals surface area contributed by atoms with Gasteiger partial charge in [-0.3, -0.25) is 24.1 Å². The molecular weight excluding hydrogens is 436 g/mol. The molecule has 0 spiro atoms. The third-order valence-corrected chi connectivity index (χ3v) is 6.42. The molecule has 8 heteroatoms. The van der Waals surface area contributed by atoms with E-state index in [1.54, 1.807) is 42.5 Å². The summed E-state index contributed by atoms with van der Waals surface area (Å²) in [6.07, 6.45) is 1.85. The number of nitrogens with one attached hydrogen (secondary N) is 1. The summed E-state index contributed by atoms with van der Waals surface area (Å²) in [6, 6.07) is 13.9. The minimum atomic E-state index is -1.27. The first-order valence-electron chi connectivity index (χ1n) is 11.4. The Labute approximate surface area is 198 Å². The molecule has 2 aromatic rings. The van der Waals surface area contributed by atoms with Crippen molar-refractivity contribution in [2.24, 2.45) is 11.8 Å². The van der Waals surface area contributed by atoms with Crippen LogP contribution in [0.3, 0.4) is 0 Å². The number of rotatable bonds is 7. The summed E-state index contributed by atoms with van der Waals surface area (Å²) in [7, 11) is 1.50. The van der Waals surface area contributed by atoms with E-state index in [1.807, 2.05) is 13.0 Å². The topological polar surface area (TPSA) is 102 Å². The predicted octanol–water partition coefficient (Wildman–Crippen LogP) is 3.40. The van der Waals surface area contributed by atoms with Gasteiger partial charge in [-0.05, 0) is 37.5 Å². The van der Waals surface area contributed by atoms with Crippen LogP contribution in [0.15, 0.2) is 48.5 Å². The highest BCUT2D eigenvalue weighted by Gasteiger charge is 2.48. The molecule has 0 radical (unpaired) electrons. The van der Waals surface area contributed by atoms with Crippen molar-refractivity contribution >= 4 is 29.4 Å². The first-order valence-corrected chi connectivity index (χ1v) is 11.4. The number of carbonyl (C=O) groups excluding carboxylic acids is 4. The quantitative estimate of drug-likeness (QED) is 0.498. The first-order chi connectivity index (χ1) is 16.4. The second-order valence-corrected chi connectivity index (χ2v) is 8.73. The molecule has 2 aromatic carbocycles. The van der Waals surface area contributed by atoms with E-state index in [2.05, 4.69) is 5.32 Å². The van der Waals surface area contributed by atoms with Crippen LogP contribution >= 0.6 is 0 Å². The fraction of sp³-hybridized carbons (Fsp3) is 0.385. The third kappa shape index (κ3) is 4.81. The smallest absolute Gasteiger partial charge is 0.327 e. The summed E-state index contributed by atoms with van der Waals surface area (Å²) in [6.45, 7) is 1.38. The molecule has 3 atom stereocenters. The summed E-state index contributed by atoms with van der Waals surface area (Å²) in [5, 5.41) is 2.77. The number of amides is 3. The molecule has 1 heterocycles. The average molecular weight is 465 g/mol. The molecule has 1 N–H and O–H groups in total. The van der Waals surface area contributed by atoms with Crippen molar-refractivity contribution in [3.8, 4) is 5.75 Å². The van der Waals surface area contributed by atoms with Crippen LogP contribution < -0.4 is 10.1 Å². The molecule has 0 aromatic heterocycles. The summed E-state index contributed by atoms with van der Waals surface area (Å²) in [4.78, 5) is 52.5. The number of hydrogen-bond acceptors (Lipinski definition) is 6. The minimum Gasteiger partial charge on any atom is -0.495 e. The molecule has 178 valence electrons. The highest BCUT2D eigenvalue weighted by Crippen LogP contribution is 2.38. The number of anilines is 1. The number of likely N-dealkylation sites (tertiary alicyclic amines) is 1. The summed E-state index contributed by atoms with van der Waals surface area (Å²) < 4.78 is 10.9. The second-order valence-electron chi connectivity index (χ2n) is 8.73. The van der Waals surface area contributed by atoms with Gasteiger partial charge in [-0.15, -0.1) is 0 Å². The number of benzene rings is 2. The Morgan fingerprint density at radius 3 is 2.29 bits per heavy atom. The van der Waals surface area contributed by atoms with E-state index in [0.717, 1.165) is 23.3 Å². The number of nitrogens with zero attached hydrogens (tertiary/aromatic N) is 1. The Hall–Kier alpha value is -3.68. The molecule has 34 heavy (non-hydrogen) atoms. The number of carbonyl (C=O) groups is 4. The number of hydrogen-bond donors (Lipinski definition) is 1. The van der Waals surface area contributed by atoms with E-state index in [9.17, 15) is 19.2 Å². The monoisotopic (exact) mass is 464 g/mol. The van der Waals surface area contributed by atoms with Crippen LogP contribution in [0.2, 0.25) is 0 Å². The van der Waals surface area contributed by atoms with Gasteiger partial charge in [0.2, 0.25) is 17.9 Å². The fourth-order valence-corrected chi connectivity index (χ4v) is 4.70. The van der Waals surface area contributed by atoms with Crippen molar-refractivity contribution in [2.45, 2.75) is 38.7 Å². The van der Waals surface area contributed by atoms with Crippen LogP contribution in [0.1, 0.15) is 42.9 Å². The molecule has 0 bridgehead atoms. The second kappa shape index (κ2) is 10.1. The van der Waals surface area contributed by atoms with Gasteiger partial charge in [-0.25, -0.2) is 0 Å². The van der Waals surface area contributed by atoms with Crippen molar-refractivity contribution in [3.05, 3.63) is 59.7 Å². The molecule has 3 unspecified atom stereocenters. The minimum absolute atomic E-state index is 0.322. The number of imide groups is 1. The van der Waals surface area contributed by atoms with E-state index in [4.69, 9.17) is 9.47 Å². The molecule has 1 aliphatic carbocycles. The van der Waals surface area contributed by atoms with Gasteiger partial charge in [-0.2, -0.15) is 0 Å². The van der Waals surface area contributed by atoms with E-state index in [1.165, 1.54) is 7.11 Å². The molecule has 8 nitrogen and oxygen atoms in total. The van der Waals surface area contributed by atoms with Crippen molar-refractivity contribution in [1.29, 1.82) is 0 Å². The van der Waals surface area contributed by atoms with Crippen LogP contribution in [0, 0.1) is 18.8 Å². The Balaban J connectivity index is 1.51. The maximum atomic E-state index is 13.2. The van der Waals surface area contributed by atoms with Crippen LogP contribution in [-0.2, 0) is 23.9 Å². The Morgan fingerprint density at radius 1 is 1.03 bits per heavy atom. The lowest BCUT2D eigenvalue weighted by atomic mass is 9.81. The maximum absolute atomic E-state index is 13.2. The normalized spacial score (nSPS) is 20.5. The fourth-order valence-electron chi connectivity index (χ4n) is 4.70. The highest BCUT2D eigenvalue weighted by atomic mass is 16.5. The van der Waals surface area contributed by atoms with Gasteiger partial charge in [0.05, 0.1) is 24.6 Å². The number of esters is 1. The zero-order valence-electron chi connectivity index (χ0n) is 19.3. The molecule has 4 rings (SSSR count). The van der Waals surface area contributed by atoms with E-state index >= 15 is 0 Å². The van der Waals surface area contributed by atoms with Gasteiger partial charge in [0.25, 0.3) is 5.91 Å². The highest BCUT2D eigenvalue weighted by molar-refractivity contribution is 6.07. The average Bonchev–Trinajstić information content (AvgIpc) is 3.08. The largest absolute Gasteiger partial charge is 0.495 e. The summed E-state index contributed by atoms with van der Waals surface area (Å²) in [5.74, 6) is -2.27. The van der Waals surface area contributed by atoms with Crippen LogP contribution in [-0.4, -0.2) is 42.2 Å². The SMILES string of the molecule is COc1ccc(C)cc1NC(=O)C(OC(=O)CN1C(=O)C2CCCCC2C1=O)c1ccccc1. The van der Waals surface area contributed by atoms with Crippen molar-refractivity contribution < 1.29 is 28.7 Å². The Kier molecular flexibility index (Phi) is 6.95. The van der Waals surface area contributed by atoms with E-state index in [0.29, 0.717) is 29.8 Å². The van der Waals surface area contributed by atoms with E-state index < -0.39 is 24.5 Å². The van der Waals surface area contributed by atoms with E-state index in [-0.39, 0.29) is 23.7 Å². The lowest BCUT2D eigenvalue weighted by molar-refractivity contribution is -0.159. The van der Waals surface area contributed by atoms with Gasteiger partial charge >= 0.3 is 5.97 Å². The van der Waals surface area contributed by atoms with Gasteiger partial charge < -0.3 is 14.8 Å². The van der Waals surface area contributed by atoms with Crippen molar-refractivity contribution in [2.75, 3.05) is 19.0 Å². The molecular formula is C26H28N2O6. The zero-order chi connectivity index (χ0) is 24.2. The van der Waals surface area contributed by atoms with Crippen LogP contribution in [0.5, 0.6) is 5.75 Å².